The molecule has 0 spiro atoms. The van der Waals surface area contributed by atoms with E-state index in [1.807, 2.05) is 23.1 Å². The third-order valence-corrected chi connectivity index (χ3v) is 5.99. The van der Waals surface area contributed by atoms with Crippen LogP contribution in [0, 0.1) is 0 Å². The number of rotatable bonds is 5. The van der Waals surface area contributed by atoms with Crippen LogP contribution in [0.15, 0.2) is 29.2 Å². The zero-order valence-electron chi connectivity index (χ0n) is 14.6. The summed E-state index contributed by atoms with van der Waals surface area (Å²) in [5.41, 5.74) is 0.931. The van der Waals surface area contributed by atoms with Gasteiger partial charge >= 0.3 is 6.03 Å². The first-order valence-corrected chi connectivity index (χ1v) is 10.3. The molecule has 2 aliphatic rings. The van der Waals surface area contributed by atoms with Crippen molar-refractivity contribution in [1.29, 1.82) is 0 Å². The molecule has 132 valence electrons. The number of thioether (sulfide) groups is 1. The lowest BCUT2D eigenvalue weighted by atomic mass is 10.0. The SMILES string of the molecule is CCSc1ccccc1NC(=O)N1CCC(NC2CCCC2)CC1. The monoisotopic (exact) mass is 347 g/mol. The highest BCUT2D eigenvalue weighted by Crippen LogP contribution is 2.27. The van der Waals surface area contributed by atoms with Crippen LogP contribution in [0.1, 0.15) is 45.4 Å². The van der Waals surface area contributed by atoms with E-state index in [1.54, 1.807) is 11.8 Å². The van der Waals surface area contributed by atoms with E-state index in [0.717, 1.165) is 42.3 Å². The fourth-order valence-electron chi connectivity index (χ4n) is 3.72. The summed E-state index contributed by atoms with van der Waals surface area (Å²) in [5.74, 6) is 1.01. The normalized spacial score (nSPS) is 19.6. The van der Waals surface area contributed by atoms with Gasteiger partial charge in [0.1, 0.15) is 0 Å². The first-order valence-electron chi connectivity index (χ1n) is 9.30. The Balaban J connectivity index is 1.48. The Morgan fingerprint density at radius 2 is 1.79 bits per heavy atom. The van der Waals surface area contributed by atoms with E-state index in [9.17, 15) is 4.79 Å². The minimum absolute atomic E-state index is 0.0402. The van der Waals surface area contributed by atoms with Crippen LogP contribution in [0.4, 0.5) is 10.5 Å². The summed E-state index contributed by atoms with van der Waals surface area (Å²) < 4.78 is 0. The highest BCUT2D eigenvalue weighted by atomic mass is 32.2. The van der Waals surface area contributed by atoms with Gasteiger partial charge in [0.05, 0.1) is 5.69 Å². The summed E-state index contributed by atoms with van der Waals surface area (Å²) in [6.45, 7) is 3.82. The molecule has 1 aliphatic carbocycles. The molecule has 1 aromatic rings. The number of carbonyl (C=O) groups is 1. The van der Waals surface area contributed by atoms with E-state index in [2.05, 4.69) is 23.6 Å². The van der Waals surface area contributed by atoms with Crippen LogP contribution >= 0.6 is 11.8 Å². The summed E-state index contributed by atoms with van der Waals surface area (Å²) in [6, 6.07) is 9.40. The van der Waals surface area contributed by atoms with Gasteiger partial charge in [0.15, 0.2) is 0 Å². The van der Waals surface area contributed by atoms with Crippen molar-refractivity contribution in [2.75, 3.05) is 24.2 Å². The minimum Gasteiger partial charge on any atom is -0.324 e. The number of benzene rings is 1. The lowest BCUT2D eigenvalue weighted by Crippen LogP contribution is -2.48. The molecule has 0 aromatic heterocycles. The molecule has 2 fully saturated rings. The van der Waals surface area contributed by atoms with Gasteiger partial charge in [-0.3, -0.25) is 0 Å². The Morgan fingerprint density at radius 3 is 2.50 bits per heavy atom. The number of urea groups is 1. The van der Waals surface area contributed by atoms with Gasteiger partial charge in [-0.1, -0.05) is 31.9 Å². The average Bonchev–Trinajstić information content (AvgIpc) is 3.10. The van der Waals surface area contributed by atoms with Gasteiger partial charge < -0.3 is 15.5 Å². The summed E-state index contributed by atoms with van der Waals surface area (Å²) in [7, 11) is 0. The Kier molecular flexibility index (Phi) is 6.44. The highest BCUT2D eigenvalue weighted by Gasteiger charge is 2.25. The third kappa shape index (κ3) is 4.67. The van der Waals surface area contributed by atoms with Crippen molar-refractivity contribution in [1.82, 2.24) is 10.2 Å². The molecule has 1 saturated carbocycles. The van der Waals surface area contributed by atoms with Crippen LogP contribution in [0.25, 0.3) is 0 Å². The number of hydrogen-bond donors (Lipinski definition) is 2. The van der Waals surface area contributed by atoms with Crippen molar-refractivity contribution < 1.29 is 4.79 Å². The Labute approximate surface area is 149 Å². The zero-order valence-corrected chi connectivity index (χ0v) is 15.4. The fourth-order valence-corrected chi connectivity index (χ4v) is 4.48. The van der Waals surface area contributed by atoms with Crippen molar-refractivity contribution in [2.45, 2.75) is 62.4 Å². The maximum atomic E-state index is 12.6. The molecule has 2 amide bonds. The van der Waals surface area contributed by atoms with Crippen LogP contribution in [0.3, 0.4) is 0 Å². The van der Waals surface area contributed by atoms with Crippen molar-refractivity contribution in [2.24, 2.45) is 0 Å². The van der Waals surface area contributed by atoms with E-state index in [0.29, 0.717) is 12.1 Å². The first-order chi connectivity index (χ1) is 11.8. The molecular weight excluding hydrogens is 318 g/mol. The molecule has 0 atom stereocenters. The van der Waals surface area contributed by atoms with Gasteiger partial charge in [0.25, 0.3) is 0 Å². The van der Waals surface area contributed by atoms with E-state index < -0.39 is 0 Å². The maximum absolute atomic E-state index is 12.6. The van der Waals surface area contributed by atoms with E-state index in [4.69, 9.17) is 0 Å². The Bertz CT molecular complexity index is 537. The van der Waals surface area contributed by atoms with Gasteiger partial charge in [0, 0.05) is 30.1 Å². The molecule has 1 heterocycles. The molecule has 0 unspecified atom stereocenters. The van der Waals surface area contributed by atoms with Crippen LogP contribution < -0.4 is 10.6 Å². The molecule has 5 heteroatoms. The molecule has 24 heavy (non-hydrogen) atoms. The molecule has 0 radical (unpaired) electrons. The van der Waals surface area contributed by atoms with Gasteiger partial charge in [-0.05, 0) is 43.6 Å². The molecule has 4 nitrogen and oxygen atoms in total. The molecule has 3 rings (SSSR count). The number of carbonyl (C=O) groups excluding carboxylic acids is 1. The Morgan fingerprint density at radius 1 is 1.12 bits per heavy atom. The summed E-state index contributed by atoms with van der Waals surface area (Å²) in [6.07, 6.45) is 7.52. The molecule has 1 aliphatic heterocycles. The van der Waals surface area contributed by atoms with E-state index in [1.165, 1.54) is 25.7 Å². The van der Waals surface area contributed by atoms with Gasteiger partial charge in [-0.15, -0.1) is 11.8 Å². The fraction of sp³-hybridized carbons (Fsp3) is 0.632. The number of amides is 2. The van der Waals surface area contributed by atoms with Crippen molar-refractivity contribution in [3.05, 3.63) is 24.3 Å². The summed E-state index contributed by atoms with van der Waals surface area (Å²) >= 11 is 1.77. The highest BCUT2D eigenvalue weighted by molar-refractivity contribution is 7.99. The predicted octanol–water partition coefficient (Wildman–Crippen LogP) is 4.33. The quantitative estimate of drug-likeness (QED) is 0.779. The predicted molar refractivity (Wildman–Crippen MR) is 102 cm³/mol. The smallest absolute Gasteiger partial charge is 0.321 e. The topological polar surface area (TPSA) is 44.4 Å². The van der Waals surface area contributed by atoms with Crippen molar-refractivity contribution in [3.8, 4) is 0 Å². The molecule has 0 bridgehead atoms. The number of nitrogens with one attached hydrogen (secondary N) is 2. The Hall–Kier alpha value is -1.20. The van der Waals surface area contributed by atoms with Crippen molar-refractivity contribution in [3.63, 3.8) is 0 Å². The summed E-state index contributed by atoms with van der Waals surface area (Å²) in [5, 5.41) is 6.89. The second-order valence-electron chi connectivity index (χ2n) is 6.77. The first kappa shape index (κ1) is 17.6. The van der Waals surface area contributed by atoms with Gasteiger partial charge in [0.2, 0.25) is 0 Å². The molecule has 2 N–H and O–H groups in total. The average molecular weight is 348 g/mol. The minimum atomic E-state index is 0.0402. The van der Waals surface area contributed by atoms with E-state index in [-0.39, 0.29) is 6.03 Å². The number of nitrogens with zero attached hydrogens (tertiary/aromatic N) is 1. The largest absolute Gasteiger partial charge is 0.324 e. The maximum Gasteiger partial charge on any atom is 0.321 e. The molecular formula is C19H29N3OS. The van der Waals surface area contributed by atoms with Crippen LogP contribution in [0.5, 0.6) is 0 Å². The second-order valence-corrected chi connectivity index (χ2v) is 8.07. The summed E-state index contributed by atoms with van der Waals surface area (Å²) in [4.78, 5) is 15.7. The number of hydrogen-bond acceptors (Lipinski definition) is 3. The zero-order chi connectivity index (χ0) is 16.8. The van der Waals surface area contributed by atoms with Gasteiger partial charge in [-0.2, -0.15) is 0 Å². The number of anilines is 1. The lowest BCUT2D eigenvalue weighted by Gasteiger charge is -2.34. The van der Waals surface area contributed by atoms with E-state index >= 15 is 0 Å². The van der Waals surface area contributed by atoms with Crippen molar-refractivity contribution >= 4 is 23.5 Å². The molecule has 1 aromatic carbocycles. The number of para-hydroxylation sites is 1. The second kappa shape index (κ2) is 8.77. The lowest BCUT2D eigenvalue weighted by molar-refractivity contribution is 0.186. The number of likely N-dealkylation sites (tertiary alicyclic amines) is 1. The van der Waals surface area contributed by atoms with Gasteiger partial charge in [-0.25, -0.2) is 4.79 Å². The standard InChI is InChI=1S/C19H29N3OS/c1-2-24-18-10-6-5-9-17(18)21-19(23)22-13-11-16(12-14-22)20-15-7-3-4-8-15/h5-6,9-10,15-16,20H,2-4,7-8,11-14H2,1H3,(H,21,23). The van der Waals surface area contributed by atoms with Crippen LogP contribution in [0.2, 0.25) is 0 Å². The van der Waals surface area contributed by atoms with Crippen LogP contribution in [-0.4, -0.2) is 41.9 Å². The van der Waals surface area contributed by atoms with Crippen LogP contribution in [-0.2, 0) is 0 Å². The number of piperidine rings is 1. The molecule has 1 saturated heterocycles. The third-order valence-electron chi connectivity index (χ3n) is 5.04.